The van der Waals surface area contributed by atoms with E-state index in [0.717, 1.165) is 12.8 Å². The van der Waals surface area contributed by atoms with E-state index in [1.54, 1.807) is 0 Å². The fourth-order valence-electron chi connectivity index (χ4n) is 6.40. The third-order valence-electron chi connectivity index (χ3n) is 8.67. The van der Waals surface area contributed by atoms with Crippen LogP contribution >= 0.6 is 0 Å². The van der Waals surface area contributed by atoms with Gasteiger partial charge in [-0.3, -0.25) is 0 Å². The summed E-state index contributed by atoms with van der Waals surface area (Å²) < 4.78 is 0. The molecule has 5 aromatic rings. The minimum atomic E-state index is -0.105. The van der Waals surface area contributed by atoms with Gasteiger partial charge in [-0.25, -0.2) is 0 Å². The number of hydrogen-bond donors (Lipinski definition) is 0. The van der Waals surface area contributed by atoms with Crippen LogP contribution in [0.3, 0.4) is 0 Å². The predicted octanol–water partition coefficient (Wildman–Crippen LogP) is 11.4. The van der Waals surface area contributed by atoms with Crippen LogP contribution < -0.4 is 0 Å². The van der Waals surface area contributed by atoms with Crippen molar-refractivity contribution >= 4 is 5.57 Å². The van der Waals surface area contributed by atoms with Crippen LogP contribution in [0.25, 0.3) is 39.0 Å². The van der Waals surface area contributed by atoms with E-state index in [2.05, 4.69) is 161 Å². The van der Waals surface area contributed by atoms with Gasteiger partial charge in [-0.05, 0) is 93.5 Å². The lowest BCUT2D eigenvalue weighted by Gasteiger charge is -2.30. The summed E-state index contributed by atoms with van der Waals surface area (Å²) in [5.74, 6) is 0. The van der Waals surface area contributed by atoms with Gasteiger partial charge in [0, 0.05) is 5.41 Å². The summed E-state index contributed by atoms with van der Waals surface area (Å²) in [5.41, 5.74) is 15.5. The molecule has 1 aliphatic rings. The molecule has 0 fully saturated rings. The van der Waals surface area contributed by atoms with Gasteiger partial charge in [-0.15, -0.1) is 0 Å². The van der Waals surface area contributed by atoms with Crippen LogP contribution in [0, 0.1) is 13.8 Å². The minimum absolute atomic E-state index is 0.105. The van der Waals surface area contributed by atoms with Crippen LogP contribution in [0.2, 0.25) is 0 Å². The highest BCUT2D eigenvalue weighted by atomic mass is 14.3. The second-order valence-electron chi connectivity index (χ2n) is 11.8. The molecule has 5 aromatic carbocycles. The maximum absolute atomic E-state index is 2.35. The van der Waals surface area contributed by atoms with E-state index in [-0.39, 0.29) is 5.41 Å². The number of benzene rings is 5. The molecule has 0 N–H and O–H groups in total. The van der Waals surface area contributed by atoms with E-state index in [9.17, 15) is 0 Å². The van der Waals surface area contributed by atoms with E-state index in [1.807, 2.05) is 0 Å². The maximum Gasteiger partial charge on any atom is 0.0151 e. The number of hydrogen-bond acceptors (Lipinski definition) is 0. The number of aryl methyl sites for hydroxylation is 2. The highest BCUT2D eigenvalue weighted by Gasteiger charge is 2.27. The van der Waals surface area contributed by atoms with Gasteiger partial charge in [0.25, 0.3) is 0 Å². The van der Waals surface area contributed by atoms with Crippen molar-refractivity contribution in [1.29, 1.82) is 0 Å². The minimum Gasteiger partial charge on any atom is -0.0836 e. The molecule has 0 heteroatoms. The Bertz CT molecular complexity index is 1730. The van der Waals surface area contributed by atoms with Crippen molar-refractivity contribution in [3.05, 3.63) is 161 Å². The number of allylic oxidation sites excluding steroid dienone is 4. The molecule has 0 bridgehead atoms. The van der Waals surface area contributed by atoms with Gasteiger partial charge in [0.05, 0.1) is 0 Å². The fraction of sp³-hybridized carbons (Fsp3) is 0.171. The lowest BCUT2D eigenvalue weighted by atomic mass is 9.74. The van der Waals surface area contributed by atoms with Gasteiger partial charge in [0.2, 0.25) is 0 Å². The first-order valence-electron chi connectivity index (χ1n) is 14.8. The molecule has 1 aliphatic carbocycles. The van der Waals surface area contributed by atoms with Gasteiger partial charge >= 0.3 is 0 Å². The lowest BCUT2D eigenvalue weighted by Crippen LogP contribution is -2.21. The first kappa shape index (κ1) is 26.8. The zero-order valence-electron chi connectivity index (χ0n) is 24.6. The predicted molar refractivity (Wildman–Crippen MR) is 177 cm³/mol. The summed E-state index contributed by atoms with van der Waals surface area (Å²) in [6.07, 6.45) is 9.14. The second kappa shape index (κ2) is 11.2. The normalized spacial score (nSPS) is 13.2. The SMILES string of the molecule is Cc1cc(-c2ccc(C3=CCCC=C3)cc2)ccc1C(C)(C)c1ccc(-c2ccc(-c3ccccc3)cc2)cc1C. The Labute approximate surface area is 245 Å². The van der Waals surface area contributed by atoms with Crippen LogP contribution in [-0.4, -0.2) is 0 Å². The Kier molecular flexibility index (Phi) is 7.33. The molecular weight excluding hydrogens is 492 g/mol. The molecule has 6 rings (SSSR count). The average molecular weight is 531 g/mol. The third kappa shape index (κ3) is 5.48. The monoisotopic (exact) mass is 530 g/mol. The first-order valence-corrected chi connectivity index (χ1v) is 14.8. The Hall–Kier alpha value is -4.42. The highest BCUT2D eigenvalue weighted by molar-refractivity contribution is 5.77. The molecule has 0 saturated heterocycles. The second-order valence-corrected chi connectivity index (χ2v) is 11.8. The molecule has 0 amide bonds. The van der Waals surface area contributed by atoms with Crippen molar-refractivity contribution in [2.45, 2.75) is 46.0 Å². The summed E-state index contributed by atoms with van der Waals surface area (Å²) in [6.45, 7) is 9.21. The summed E-state index contributed by atoms with van der Waals surface area (Å²) in [7, 11) is 0. The van der Waals surface area contributed by atoms with Crippen molar-refractivity contribution in [2.75, 3.05) is 0 Å². The van der Waals surface area contributed by atoms with E-state index in [0.29, 0.717) is 0 Å². The molecule has 202 valence electrons. The maximum atomic E-state index is 2.35. The molecule has 0 atom stereocenters. The van der Waals surface area contributed by atoms with Gasteiger partial charge in [0.1, 0.15) is 0 Å². The van der Waals surface area contributed by atoms with E-state index < -0.39 is 0 Å². The molecule has 0 spiro atoms. The van der Waals surface area contributed by atoms with E-state index in [1.165, 1.54) is 66.8 Å². The number of rotatable bonds is 6. The molecule has 0 nitrogen and oxygen atoms in total. The van der Waals surface area contributed by atoms with Gasteiger partial charge in [0.15, 0.2) is 0 Å². The van der Waals surface area contributed by atoms with Crippen LogP contribution in [0.1, 0.15) is 54.5 Å². The smallest absolute Gasteiger partial charge is 0.0151 e. The average Bonchev–Trinajstić information content (AvgIpc) is 3.02. The molecule has 0 radical (unpaired) electrons. The highest BCUT2D eigenvalue weighted by Crippen LogP contribution is 2.38. The van der Waals surface area contributed by atoms with Crippen molar-refractivity contribution in [1.82, 2.24) is 0 Å². The quantitative estimate of drug-likeness (QED) is 0.205. The van der Waals surface area contributed by atoms with E-state index in [4.69, 9.17) is 0 Å². The molecule has 0 heterocycles. The molecule has 0 saturated carbocycles. The van der Waals surface area contributed by atoms with Gasteiger partial charge in [-0.2, -0.15) is 0 Å². The lowest BCUT2D eigenvalue weighted by molar-refractivity contribution is 0.631. The topological polar surface area (TPSA) is 0 Å². The summed E-state index contributed by atoms with van der Waals surface area (Å²) in [5, 5.41) is 0. The summed E-state index contributed by atoms with van der Waals surface area (Å²) in [4.78, 5) is 0. The largest absolute Gasteiger partial charge is 0.0836 e. The van der Waals surface area contributed by atoms with Gasteiger partial charge in [-0.1, -0.05) is 147 Å². The standard InChI is InChI=1S/C41H38/c1-29-27-37(35-19-15-33(16-20-35)31-11-7-5-8-12-31)23-25-39(29)41(3,4)40-26-24-38(28-30(40)2)36-21-17-34(18-22-36)32-13-9-6-10-14-32/h5,7-9,11-28H,6,10H2,1-4H3. The zero-order valence-corrected chi connectivity index (χ0v) is 24.6. The van der Waals surface area contributed by atoms with Crippen LogP contribution in [0.4, 0.5) is 0 Å². The van der Waals surface area contributed by atoms with Crippen molar-refractivity contribution in [3.8, 4) is 33.4 Å². The molecule has 0 aliphatic heterocycles. The van der Waals surface area contributed by atoms with Crippen LogP contribution in [-0.2, 0) is 5.41 Å². The van der Waals surface area contributed by atoms with Crippen molar-refractivity contribution in [2.24, 2.45) is 0 Å². The first-order chi connectivity index (χ1) is 19.9. The zero-order chi connectivity index (χ0) is 28.4. The Morgan fingerprint density at radius 1 is 0.463 bits per heavy atom. The van der Waals surface area contributed by atoms with Crippen molar-refractivity contribution < 1.29 is 0 Å². The molecular formula is C41H38. The Morgan fingerprint density at radius 3 is 1.37 bits per heavy atom. The van der Waals surface area contributed by atoms with Crippen molar-refractivity contribution in [3.63, 3.8) is 0 Å². The summed E-state index contributed by atoms with van der Waals surface area (Å²) >= 11 is 0. The van der Waals surface area contributed by atoms with E-state index >= 15 is 0 Å². The Morgan fingerprint density at radius 2 is 0.902 bits per heavy atom. The van der Waals surface area contributed by atoms with Crippen LogP contribution in [0.5, 0.6) is 0 Å². The molecule has 0 unspecified atom stereocenters. The van der Waals surface area contributed by atoms with Gasteiger partial charge < -0.3 is 0 Å². The fourth-order valence-corrected chi connectivity index (χ4v) is 6.40. The molecule has 0 aromatic heterocycles. The third-order valence-corrected chi connectivity index (χ3v) is 8.67. The Balaban J connectivity index is 1.24. The molecule has 41 heavy (non-hydrogen) atoms. The summed E-state index contributed by atoms with van der Waals surface area (Å²) in [6, 6.07) is 42.4. The van der Waals surface area contributed by atoms with Crippen LogP contribution in [0.15, 0.2) is 133 Å².